The summed E-state index contributed by atoms with van der Waals surface area (Å²) in [5.74, 6) is -0.388. The van der Waals surface area contributed by atoms with Gasteiger partial charge in [-0.3, -0.25) is 9.78 Å². The van der Waals surface area contributed by atoms with E-state index in [0.717, 1.165) is 21.7 Å². The molecule has 1 aromatic carbocycles. The highest BCUT2D eigenvalue weighted by molar-refractivity contribution is 7.88. The van der Waals surface area contributed by atoms with Crippen molar-refractivity contribution in [1.29, 1.82) is 0 Å². The quantitative estimate of drug-likeness (QED) is 0.792. The van der Waals surface area contributed by atoms with E-state index in [2.05, 4.69) is 10.3 Å². The van der Waals surface area contributed by atoms with Gasteiger partial charge >= 0.3 is 0 Å². The number of pyridine rings is 1. The molecule has 1 aromatic heterocycles. The van der Waals surface area contributed by atoms with Crippen LogP contribution >= 0.6 is 11.6 Å². The molecule has 1 amide bonds. The van der Waals surface area contributed by atoms with Crippen molar-refractivity contribution in [1.82, 2.24) is 14.6 Å². The van der Waals surface area contributed by atoms with Crippen LogP contribution in [0.1, 0.15) is 17.2 Å². The Morgan fingerprint density at radius 3 is 2.42 bits per heavy atom. The minimum Gasteiger partial charge on any atom is -0.344 e. The second-order valence-electron chi connectivity index (χ2n) is 5.98. The van der Waals surface area contributed by atoms with E-state index in [0.29, 0.717) is 5.02 Å². The highest BCUT2D eigenvalue weighted by Gasteiger charge is 2.34. The zero-order chi connectivity index (χ0) is 18.7. The molecule has 1 N–H and O–H groups in total. The van der Waals surface area contributed by atoms with Gasteiger partial charge < -0.3 is 5.32 Å². The topological polar surface area (TPSA) is 79.4 Å². The standard InChI is InChI=1S/C18H18ClN3O3S/c1-26(24,25)22-12-2-3-16(22)18(23)21-17(14-8-10-20-11-9-14)13-4-6-15(19)7-5-13/h2-11,16-17H,12H2,1H3,(H,21,23). The number of benzene rings is 1. The molecule has 136 valence electrons. The Labute approximate surface area is 157 Å². The fraction of sp³-hybridized carbons (Fsp3) is 0.222. The predicted molar refractivity (Wildman–Crippen MR) is 100 cm³/mol. The smallest absolute Gasteiger partial charge is 0.243 e. The third-order valence-electron chi connectivity index (χ3n) is 4.14. The van der Waals surface area contributed by atoms with Crippen LogP contribution in [0.5, 0.6) is 0 Å². The summed E-state index contributed by atoms with van der Waals surface area (Å²) in [5, 5.41) is 3.54. The van der Waals surface area contributed by atoms with E-state index in [1.165, 1.54) is 0 Å². The molecule has 0 aliphatic carbocycles. The Morgan fingerprint density at radius 1 is 1.19 bits per heavy atom. The summed E-state index contributed by atoms with van der Waals surface area (Å²) in [6, 6.07) is 9.45. The van der Waals surface area contributed by atoms with Crippen LogP contribution in [-0.4, -0.2) is 42.5 Å². The number of aromatic nitrogens is 1. The fourth-order valence-corrected chi connectivity index (χ4v) is 3.92. The minimum atomic E-state index is -3.48. The van der Waals surface area contributed by atoms with Gasteiger partial charge in [0.05, 0.1) is 12.3 Å². The Bertz CT molecular complexity index is 914. The second-order valence-corrected chi connectivity index (χ2v) is 8.35. The van der Waals surface area contributed by atoms with E-state index >= 15 is 0 Å². The fourth-order valence-electron chi connectivity index (χ4n) is 2.86. The van der Waals surface area contributed by atoms with Gasteiger partial charge in [-0.15, -0.1) is 0 Å². The minimum absolute atomic E-state index is 0.192. The lowest BCUT2D eigenvalue weighted by Crippen LogP contribution is -2.46. The van der Waals surface area contributed by atoms with E-state index in [9.17, 15) is 13.2 Å². The van der Waals surface area contributed by atoms with E-state index < -0.39 is 22.1 Å². The average molecular weight is 392 g/mol. The van der Waals surface area contributed by atoms with Gasteiger partial charge in [0, 0.05) is 24.0 Å². The molecule has 0 spiro atoms. The summed E-state index contributed by atoms with van der Waals surface area (Å²) < 4.78 is 24.9. The Morgan fingerprint density at radius 2 is 1.81 bits per heavy atom. The van der Waals surface area contributed by atoms with Crippen LogP contribution in [0, 0.1) is 0 Å². The Kier molecular flexibility index (Phi) is 5.41. The van der Waals surface area contributed by atoms with Crippen LogP contribution in [0.4, 0.5) is 0 Å². The molecule has 8 heteroatoms. The number of rotatable bonds is 5. The first-order valence-electron chi connectivity index (χ1n) is 7.95. The van der Waals surface area contributed by atoms with Crippen LogP contribution in [0.15, 0.2) is 60.9 Å². The first-order valence-corrected chi connectivity index (χ1v) is 10.2. The van der Waals surface area contributed by atoms with Crippen LogP contribution < -0.4 is 5.32 Å². The van der Waals surface area contributed by atoms with Gasteiger partial charge in [-0.1, -0.05) is 35.9 Å². The molecule has 6 nitrogen and oxygen atoms in total. The Balaban J connectivity index is 1.90. The van der Waals surface area contributed by atoms with Gasteiger partial charge in [-0.2, -0.15) is 4.31 Å². The number of nitrogens with zero attached hydrogens (tertiary/aromatic N) is 2. The average Bonchev–Trinajstić information content (AvgIpc) is 3.11. The summed E-state index contributed by atoms with van der Waals surface area (Å²) in [6.07, 6.45) is 7.65. The molecule has 26 heavy (non-hydrogen) atoms. The largest absolute Gasteiger partial charge is 0.344 e. The molecule has 2 atom stereocenters. The summed E-state index contributed by atoms with van der Waals surface area (Å²) >= 11 is 5.96. The zero-order valence-corrected chi connectivity index (χ0v) is 15.6. The van der Waals surface area contributed by atoms with E-state index in [1.807, 2.05) is 12.1 Å². The van der Waals surface area contributed by atoms with Crippen LogP contribution in [0.2, 0.25) is 5.02 Å². The van der Waals surface area contributed by atoms with Crippen molar-refractivity contribution < 1.29 is 13.2 Å². The summed E-state index contributed by atoms with van der Waals surface area (Å²) in [6.45, 7) is 0.192. The lowest BCUT2D eigenvalue weighted by atomic mass is 9.99. The maximum absolute atomic E-state index is 12.8. The molecule has 1 aliphatic rings. The summed E-state index contributed by atoms with van der Waals surface area (Å²) in [7, 11) is -3.48. The van der Waals surface area contributed by atoms with Crippen molar-refractivity contribution in [2.75, 3.05) is 12.8 Å². The number of sulfonamides is 1. The molecule has 3 rings (SSSR count). The highest BCUT2D eigenvalue weighted by Crippen LogP contribution is 2.24. The van der Waals surface area contributed by atoms with Crippen molar-refractivity contribution in [3.05, 3.63) is 77.1 Å². The van der Waals surface area contributed by atoms with Crippen molar-refractivity contribution in [2.45, 2.75) is 12.1 Å². The van der Waals surface area contributed by atoms with E-state index in [1.54, 1.807) is 48.8 Å². The normalized spacial score (nSPS) is 18.6. The van der Waals surface area contributed by atoms with E-state index in [4.69, 9.17) is 11.6 Å². The molecule has 0 fully saturated rings. The molecular formula is C18H18ClN3O3S. The zero-order valence-electron chi connectivity index (χ0n) is 14.0. The number of nitrogens with one attached hydrogen (secondary N) is 1. The molecule has 1 aliphatic heterocycles. The predicted octanol–water partition coefficient (Wildman–Crippen LogP) is 2.14. The number of hydrogen-bond acceptors (Lipinski definition) is 4. The number of hydrogen-bond donors (Lipinski definition) is 1. The molecule has 0 radical (unpaired) electrons. The van der Waals surface area contributed by atoms with Gasteiger partial charge in [-0.05, 0) is 35.4 Å². The van der Waals surface area contributed by atoms with Gasteiger partial charge in [0.25, 0.3) is 0 Å². The number of carbonyl (C=O) groups excluding carboxylic acids is 1. The SMILES string of the molecule is CS(=O)(=O)N1CC=CC1C(=O)NC(c1ccncc1)c1ccc(Cl)cc1. The van der Waals surface area contributed by atoms with Crippen molar-refractivity contribution >= 4 is 27.5 Å². The maximum Gasteiger partial charge on any atom is 0.243 e. The summed E-state index contributed by atoms with van der Waals surface area (Å²) in [5.41, 5.74) is 1.67. The van der Waals surface area contributed by atoms with Gasteiger partial charge in [0.1, 0.15) is 6.04 Å². The van der Waals surface area contributed by atoms with Crippen LogP contribution in [-0.2, 0) is 14.8 Å². The molecule has 0 bridgehead atoms. The monoisotopic (exact) mass is 391 g/mol. The van der Waals surface area contributed by atoms with Crippen molar-refractivity contribution in [3.8, 4) is 0 Å². The molecule has 2 unspecified atom stereocenters. The lowest BCUT2D eigenvalue weighted by Gasteiger charge is -2.25. The summed E-state index contributed by atoms with van der Waals surface area (Å²) in [4.78, 5) is 16.8. The van der Waals surface area contributed by atoms with Gasteiger partial charge in [0.15, 0.2) is 0 Å². The van der Waals surface area contributed by atoms with E-state index in [-0.39, 0.29) is 12.5 Å². The molecule has 0 saturated carbocycles. The van der Waals surface area contributed by atoms with Gasteiger partial charge in [-0.25, -0.2) is 8.42 Å². The first-order chi connectivity index (χ1) is 12.4. The number of amides is 1. The van der Waals surface area contributed by atoms with Crippen molar-refractivity contribution in [2.24, 2.45) is 0 Å². The highest BCUT2D eigenvalue weighted by atomic mass is 35.5. The maximum atomic E-state index is 12.8. The third kappa shape index (κ3) is 4.12. The molecular weight excluding hydrogens is 374 g/mol. The second kappa shape index (κ2) is 7.57. The Hall–Kier alpha value is -2.22. The molecule has 0 saturated heterocycles. The van der Waals surface area contributed by atoms with Crippen LogP contribution in [0.25, 0.3) is 0 Å². The first kappa shape index (κ1) is 18.6. The van der Waals surface area contributed by atoms with Crippen LogP contribution in [0.3, 0.4) is 0 Å². The third-order valence-corrected chi connectivity index (χ3v) is 5.62. The van der Waals surface area contributed by atoms with Gasteiger partial charge in [0.2, 0.25) is 15.9 Å². The molecule has 2 aromatic rings. The van der Waals surface area contributed by atoms with Crippen molar-refractivity contribution in [3.63, 3.8) is 0 Å². The number of halogens is 1. The number of carbonyl (C=O) groups is 1. The molecule has 2 heterocycles. The lowest BCUT2D eigenvalue weighted by molar-refractivity contribution is -0.123.